The third-order valence-corrected chi connectivity index (χ3v) is 1.37. The van der Waals surface area contributed by atoms with Gasteiger partial charge in [-0.1, -0.05) is 12.1 Å². The van der Waals surface area contributed by atoms with Gasteiger partial charge < -0.3 is 0 Å². The Morgan fingerprint density at radius 1 is 1.55 bits per heavy atom. The number of aliphatic imine (C=N–C) groups is 1. The van der Waals surface area contributed by atoms with Crippen LogP contribution in [0.3, 0.4) is 0 Å². The van der Waals surface area contributed by atoms with Crippen molar-refractivity contribution in [1.82, 2.24) is 0 Å². The maximum atomic E-state index is 4.20. The molecule has 11 heavy (non-hydrogen) atoms. The Hall–Kier alpha value is -1.11. The molecule has 0 aliphatic carbocycles. The normalized spacial score (nSPS) is 10.7. The standard InChI is InChI=1S/C10H12N/c1-3-7-11-10-6-4-5-9(2)8-10/h4-8H,1,3H2,2H3. The number of rotatable bonds is 2. The van der Waals surface area contributed by atoms with Crippen LogP contribution in [0.4, 0.5) is 5.69 Å². The van der Waals surface area contributed by atoms with Gasteiger partial charge in [-0.25, -0.2) is 0 Å². The summed E-state index contributed by atoms with van der Waals surface area (Å²) in [7, 11) is 0. The predicted octanol–water partition coefficient (Wildman–Crippen LogP) is 2.92. The van der Waals surface area contributed by atoms with Crippen LogP contribution >= 0.6 is 0 Å². The number of hydrogen-bond donors (Lipinski definition) is 0. The van der Waals surface area contributed by atoms with Crippen molar-refractivity contribution in [3.63, 3.8) is 0 Å². The Labute approximate surface area is 67.8 Å². The molecule has 1 aromatic carbocycles. The second-order valence-corrected chi connectivity index (χ2v) is 2.44. The highest BCUT2D eigenvalue weighted by Crippen LogP contribution is 2.12. The van der Waals surface area contributed by atoms with E-state index in [0.29, 0.717) is 0 Å². The van der Waals surface area contributed by atoms with Crippen molar-refractivity contribution in [2.24, 2.45) is 4.99 Å². The quantitative estimate of drug-likeness (QED) is 0.569. The van der Waals surface area contributed by atoms with Crippen LogP contribution in [-0.2, 0) is 0 Å². The molecule has 0 fully saturated rings. The van der Waals surface area contributed by atoms with Crippen LogP contribution in [0.5, 0.6) is 0 Å². The smallest absolute Gasteiger partial charge is 0.0628 e. The van der Waals surface area contributed by atoms with E-state index in [-0.39, 0.29) is 0 Å². The molecule has 0 saturated carbocycles. The lowest BCUT2D eigenvalue weighted by Crippen LogP contribution is -1.71. The Morgan fingerprint density at radius 3 is 3.00 bits per heavy atom. The summed E-state index contributed by atoms with van der Waals surface area (Å²) in [5.41, 5.74) is 2.25. The van der Waals surface area contributed by atoms with Crippen LogP contribution in [0.15, 0.2) is 29.3 Å². The summed E-state index contributed by atoms with van der Waals surface area (Å²) in [6.45, 7) is 5.73. The van der Waals surface area contributed by atoms with E-state index < -0.39 is 0 Å². The molecular weight excluding hydrogens is 134 g/mol. The van der Waals surface area contributed by atoms with Gasteiger partial charge in [0.1, 0.15) is 0 Å². The molecule has 0 N–H and O–H groups in total. The lowest BCUT2D eigenvalue weighted by molar-refractivity contribution is 1.41. The molecule has 0 amide bonds. The third kappa shape index (κ3) is 2.54. The molecular formula is C10H12N. The fourth-order valence-corrected chi connectivity index (χ4v) is 0.878. The minimum Gasteiger partial charge on any atom is -0.261 e. The molecule has 1 radical (unpaired) electrons. The summed E-state index contributed by atoms with van der Waals surface area (Å²) in [6.07, 6.45) is 2.56. The maximum Gasteiger partial charge on any atom is 0.0628 e. The van der Waals surface area contributed by atoms with Crippen molar-refractivity contribution in [2.45, 2.75) is 13.3 Å². The molecule has 0 saturated heterocycles. The van der Waals surface area contributed by atoms with Crippen LogP contribution in [0, 0.1) is 13.8 Å². The maximum absolute atomic E-state index is 4.20. The van der Waals surface area contributed by atoms with Crippen molar-refractivity contribution in [1.29, 1.82) is 0 Å². The number of benzene rings is 1. The SMILES string of the molecule is [CH2]CC=Nc1cccc(C)c1. The highest BCUT2D eigenvalue weighted by molar-refractivity contribution is 5.63. The largest absolute Gasteiger partial charge is 0.261 e. The van der Waals surface area contributed by atoms with Crippen molar-refractivity contribution in [2.75, 3.05) is 0 Å². The molecule has 0 bridgehead atoms. The van der Waals surface area contributed by atoms with Crippen LogP contribution in [-0.4, -0.2) is 6.21 Å². The predicted molar refractivity (Wildman–Crippen MR) is 49.3 cm³/mol. The van der Waals surface area contributed by atoms with Crippen LogP contribution < -0.4 is 0 Å². The average Bonchev–Trinajstić information content (AvgIpc) is 2.01. The first kappa shape index (κ1) is 7.99. The third-order valence-electron chi connectivity index (χ3n) is 1.37. The monoisotopic (exact) mass is 146 g/mol. The first-order valence-corrected chi connectivity index (χ1v) is 3.71. The molecule has 1 nitrogen and oxygen atoms in total. The highest BCUT2D eigenvalue weighted by Gasteiger charge is 1.86. The molecule has 0 aromatic heterocycles. The van der Waals surface area contributed by atoms with Gasteiger partial charge in [0.2, 0.25) is 0 Å². The Balaban J connectivity index is 2.79. The zero-order valence-electron chi connectivity index (χ0n) is 6.75. The summed E-state index contributed by atoms with van der Waals surface area (Å²) < 4.78 is 0. The molecule has 57 valence electrons. The van der Waals surface area contributed by atoms with Gasteiger partial charge in [0.25, 0.3) is 0 Å². The summed E-state index contributed by atoms with van der Waals surface area (Å²) >= 11 is 0. The first-order valence-electron chi connectivity index (χ1n) is 3.71. The molecule has 0 spiro atoms. The fourth-order valence-electron chi connectivity index (χ4n) is 0.878. The molecule has 1 aromatic rings. The molecule has 0 aliphatic rings. The number of hydrogen-bond acceptors (Lipinski definition) is 1. The van der Waals surface area contributed by atoms with Gasteiger partial charge in [-0.3, -0.25) is 4.99 Å². The zero-order valence-corrected chi connectivity index (χ0v) is 6.75. The van der Waals surface area contributed by atoms with E-state index >= 15 is 0 Å². The van der Waals surface area contributed by atoms with E-state index in [9.17, 15) is 0 Å². The fraction of sp³-hybridized carbons (Fsp3) is 0.200. The van der Waals surface area contributed by atoms with E-state index in [4.69, 9.17) is 0 Å². The van der Waals surface area contributed by atoms with Crippen molar-refractivity contribution in [3.05, 3.63) is 36.8 Å². The van der Waals surface area contributed by atoms with E-state index in [1.807, 2.05) is 24.4 Å². The van der Waals surface area contributed by atoms with Gasteiger partial charge >= 0.3 is 0 Å². The molecule has 0 heterocycles. The van der Waals surface area contributed by atoms with Crippen LogP contribution in [0.25, 0.3) is 0 Å². The molecule has 0 unspecified atom stereocenters. The van der Waals surface area contributed by atoms with Crippen molar-refractivity contribution < 1.29 is 0 Å². The Kier molecular flexibility index (Phi) is 2.84. The van der Waals surface area contributed by atoms with Gasteiger partial charge in [0.15, 0.2) is 0 Å². The van der Waals surface area contributed by atoms with Gasteiger partial charge in [-0.2, -0.15) is 0 Å². The molecule has 0 aliphatic heterocycles. The number of aryl methyl sites for hydroxylation is 1. The Morgan fingerprint density at radius 2 is 2.36 bits per heavy atom. The minimum atomic E-state index is 0.744. The molecule has 0 atom stereocenters. The van der Waals surface area contributed by atoms with E-state index in [1.54, 1.807) is 0 Å². The van der Waals surface area contributed by atoms with E-state index in [0.717, 1.165) is 12.1 Å². The van der Waals surface area contributed by atoms with Crippen molar-refractivity contribution >= 4 is 11.9 Å². The lowest BCUT2D eigenvalue weighted by atomic mass is 10.2. The van der Waals surface area contributed by atoms with E-state index in [1.165, 1.54) is 5.56 Å². The number of nitrogens with zero attached hydrogens (tertiary/aromatic N) is 1. The van der Waals surface area contributed by atoms with E-state index in [2.05, 4.69) is 24.9 Å². The average molecular weight is 146 g/mol. The van der Waals surface area contributed by atoms with Gasteiger partial charge in [0.05, 0.1) is 5.69 Å². The zero-order chi connectivity index (χ0) is 8.10. The van der Waals surface area contributed by atoms with Gasteiger partial charge in [-0.05, 0) is 38.0 Å². The topological polar surface area (TPSA) is 12.4 Å². The van der Waals surface area contributed by atoms with Crippen LogP contribution in [0.2, 0.25) is 0 Å². The second-order valence-electron chi connectivity index (χ2n) is 2.44. The van der Waals surface area contributed by atoms with Gasteiger partial charge in [-0.15, -0.1) is 0 Å². The molecule has 1 rings (SSSR count). The summed E-state index contributed by atoms with van der Waals surface area (Å²) in [4.78, 5) is 4.20. The molecule has 1 heteroatoms. The first-order chi connectivity index (χ1) is 5.33. The van der Waals surface area contributed by atoms with Crippen molar-refractivity contribution in [3.8, 4) is 0 Å². The minimum absolute atomic E-state index is 0.744. The lowest BCUT2D eigenvalue weighted by Gasteiger charge is -1.93. The summed E-state index contributed by atoms with van der Waals surface area (Å²) in [5.74, 6) is 0. The van der Waals surface area contributed by atoms with Crippen LogP contribution in [0.1, 0.15) is 12.0 Å². The Bertz CT molecular complexity index is 251. The summed E-state index contributed by atoms with van der Waals surface area (Å²) in [6, 6.07) is 8.10. The highest BCUT2D eigenvalue weighted by atomic mass is 14.7. The van der Waals surface area contributed by atoms with Gasteiger partial charge in [0, 0.05) is 6.21 Å². The second kappa shape index (κ2) is 3.91. The summed E-state index contributed by atoms with van der Waals surface area (Å²) in [5, 5.41) is 0.